The normalized spacial score (nSPS) is 10.3. The van der Waals surface area contributed by atoms with Gasteiger partial charge in [0.05, 0.1) is 0 Å². The standard InChI is InChI=1S/C3H13N3Si/c4-2-1-3-7(5)6/h7H,1-6H2. The highest BCUT2D eigenvalue weighted by Crippen LogP contribution is 1.82. The molecule has 0 aliphatic carbocycles. The second kappa shape index (κ2) is 4.26. The predicted molar refractivity (Wildman–Crippen MR) is 34.0 cm³/mol. The van der Waals surface area contributed by atoms with Crippen LogP contribution in [0.2, 0.25) is 6.04 Å². The summed E-state index contributed by atoms with van der Waals surface area (Å²) in [5.74, 6) is 0. The first-order valence-electron chi connectivity index (χ1n) is 2.48. The number of nitrogens with two attached hydrogens (primary N) is 3. The van der Waals surface area contributed by atoms with Crippen molar-refractivity contribution in [2.75, 3.05) is 6.54 Å². The largest absolute Gasteiger partial charge is 0.342 e. The molecule has 0 spiro atoms. The second-order valence-electron chi connectivity index (χ2n) is 1.59. The van der Waals surface area contributed by atoms with E-state index < -0.39 is 9.12 Å². The molecule has 0 aromatic heterocycles. The Morgan fingerprint density at radius 3 is 2.00 bits per heavy atom. The Labute approximate surface area is 45.6 Å². The van der Waals surface area contributed by atoms with Gasteiger partial charge in [-0.25, -0.2) is 0 Å². The van der Waals surface area contributed by atoms with Crippen LogP contribution in [0.3, 0.4) is 0 Å². The molecule has 3 nitrogen and oxygen atoms in total. The van der Waals surface area contributed by atoms with Crippen molar-refractivity contribution in [1.29, 1.82) is 0 Å². The molecule has 0 aromatic rings. The molecule has 0 bridgehead atoms. The molecule has 7 heavy (non-hydrogen) atoms. The molecule has 0 fully saturated rings. The van der Waals surface area contributed by atoms with Crippen molar-refractivity contribution < 1.29 is 0 Å². The van der Waals surface area contributed by atoms with E-state index in [0.717, 1.165) is 19.0 Å². The zero-order valence-corrected chi connectivity index (χ0v) is 5.59. The molecule has 0 unspecified atom stereocenters. The first kappa shape index (κ1) is 7.10. The molecule has 0 amide bonds. The van der Waals surface area contributed by atoms with E-state index in [1.54, 1.807) is 0 Å². The number of rotatable bonds is 3. The lowest BCUT2D eigenvalue weighted by Gasteiger charge is -1.97. The quantitative estimate of drug-likeness (QED) is 0.395. The Bertz CT molecular complexity index is 39.2. The van der Waals surface area contributed by atoms with Gasteiger partial charge in [0.15, 0.2) is 9.12 Å². The summed E-state index contributed by atoms with van der Waals surface area (Å²) in [6.07, 6.45) is 0.990. The maximum absolute atomic E-state index is 5.34. The molecule has 0 radical (unpaired) electrons. The van der Waals surface area contributed by atoms with Crippen LogP contribution < -0.4 is 16.5 Å². The van der Waals surface area contributed by atoms with Gasteiger partial charge < -0.3 is 16.5 Å². The van der Waals surface area contributed by atoms with E-state index in [0.29, 0.717) is 0 Å². The summed E-state index contributed by atoms with van der Waals surface area (Å²) in [7, 11) is -1.27. The minimum atomic E-state index is -1.27. The summed E-state index contributed by atoms with van der Waals surface area (Å²) in [6, 6.07) is 0.969. The molecule has 4 heteroatoms. The fraction of sp³-hybridized carbons (Fsp3) is 1.00. The Morgan fingerprint density at radius 2 is 1.86 bits per heavy atom. The van der Waals surface area contributed by atoms with Crippen molar-refractivity contribution in [3.05, 3.63) is 0 Å². The third kappa shape index (κ3) is 6.10. The zero-order chi connectivity index (χ0) is 5.70. The van der Waals surface area contributed by atoms with Crippen LogP contribution in [0.4, 0.5) is 0 Å². The van der Waals surface area contributed by atoms with Crippen molar-refractivity contribution in [2.45, 2.75) is 12.5 Å². The van der Waals surface area contributed by atoms with Gasteiger partial charge in [0.2, 0.25) is 0 Å². The van der Waals surface area contributed by atoms with Crippen LogP contribution in [0.5, 0.6) is 0 Å². The van der Waals surface area contributed by atoms with Crippen molar-refractivity contribution in [2.24, 2.45) is 16.5 Å². The van der Waals surface area contributed by atoms with E-state index in [2.05, 4.69) is 0 Å². The Balaban J connectivity index is 2.68. The van der Waals surface area contributed by atoms with Gasteiger partial charge in [-0.05, 0) is 19.0 Å². The third-order valence-corrected chi connectivity index (χ3v) is 1.82. The van der Waals surface area contributed by atoms with Gasteiger partial charge >= 0.3 is 0 Å². The average Bonchev–Trinajstić information content (AvgIpc) is 1.61. The summed E-state index contributed by atoms with van der Waals surface area (Å²) in [4.78, 5) is 0. The van der Waals surface area contributed by atoms with E-state index in [4.69, 9.17) is 16.5 Å². The SMILES string of the molecule is NCCC[SiH](N)N. The first-order valence-corrected chi connectivity index (χ1v) is 4.63. The summed E-state index contributed by atoms with van der Waals surface area (Å²) < 4.78 is 0. The topological polar surface area (TPSA) is 78.1 Å². The third-order valence-electron chi connectivity index (χ3n) is 0.742. The fourth-order valence-corrected chi connectivity index (χ4v) is 1.06. The van der Waals surface area contributed by atoms with Gasteiger partial charge in [-0.1, -0.05) is 0 Å². The monoisotopic (exact) mass is 119 g/mol. The molecular formula is C3H13N3Si. The maximum Gasteiger partial charge on any atom is 0.179 e. The van der Waals surface area contributed by atoms with E-state index in [1.807, 2.05) is 0 Å². The number of hydrogen-bond donors (Lipinski definition) is 3. The molecule has 0 aromatic carbocycles. The minimum Gasteiger partial charge on any atom is -0.342 e. The molecule has 0 heterocycles. The second-order valence-corrected chi connectivity index (χ2v) is 3.50. The van der Waals surface area contributed by atoms with Gasteiger partial charge in [0.1, 0.15) is 0 Å². The lowest BCUT2D eigenvalue weighted by molar-refractivity contribution is 0.916. The van der Waals surface area contributed by atoms with E-state index in [1.165, 1.54) is 0 Å². The van der Waals surface area contributed by atoms with Gasteiger partial charge in [0.25, 0.3) is 0 Å². The summed E-state index contributed by atoms with van der Waals surface area (Å²) >= 11 is 0. The summed E-state index contributed by atoms with van der Waals surface area (Å²) in [5, 5.41) is 10.7. The van der Waals surface area contributed by atoms with Crippen LogP contribution in [0.15, 0.2) is 0 Å². The Kier molecular flexibility index (Phi) is 4.32. The highest BCUT2D eigenvalue weighted by atomic mass is 28.3. The molecular weight excluding hydrogens is 106 g/mol. The minimum absolute atomic E-state index is 0.720. The molecule has 0 aliphatic rings. The van der Waals surface area contributed by atoms with Crippen molar-refractivity contribution in [3.63, 3.8) is 0 Å². The van der Waals surface area contributed by atoms with Gasteiger partial charge in [0, 0.05) is 0 Å². The van der Waals surface area contributed by atoms with Crippen LogP contribution in [0, 0.1) is 0 Å². The molecule has 0 rings (SSSR count). The van der Waals surface area contributed by atoms with Crippen LogP contribution in [-0.4, -0.2) is 15.7 Å². The first-order chi connectivity index (χ1) is 3.27. The van der Waals surface area contributed by atoms with Gasteiger partial charge in [-0.2, -0.15) is 0 Å². The summed E-state index contributed by atoms with van der Waals surface area (Å²) in [5.41, 5.74) is 5.19. The fourth-order valence-electron chi connectivity index (χ4n) is 0.354. The van der Waals surface area contributed by atoms with Crippen LogP contribution >= 0.6 is 0 Å². The van der Waals surface area contributed by atoms with Crippen molar-refractivity contribution in [3.8, 4) is 0 Å². The molecule has 0 saturated carbocycles. The van der Waals surface area contributed by atoms with E-state index >= 15 is 0 Å². The number of hydrogen-bond acceptors (Lipinski definition) is 3. The highest BCUT2D eigenvalue weighted by molar-refractivity contribution is 6.51. The molecule has 0 aliphatic heterocycles. The molecule has 0 saturated heterocycles. The smallest absolute Gasteiger partial charge is 0.179 e. The van der Waals surface area contributed by atoms with Crippen LogP contribution in [0.1, 0.15) is 6.42 Å². The van der Waals surface area contributed by atoms with Crippen LogP contribution in [0.25, 0.3) is 0 Å². The van der Waals surface area contributed by atoms with E-state index in [-0.39, 0.29) is 0 Å². The molecule has 0 atom stereocenters. The van der Waals surface area contributed by atoms with Gasteiger partial charge in [-0.15, -0.1) is 0 Å². The molecule has 44 valence electrons. The Hall–Kier alpha value is 0.0969. The average molecular weight is 119 g/mol. The molecule has 6 N–H and O–H groups in total. The summed E-state index contributed by atoms with van der Waals surface area (Å²) in [6.45, 7) is 0.720. The maximum atomic E-state index is 5.34. The highest BCUT2D eigenvalue weighted by Gasteiger charge is 1.92. The Morgan fingerprint density at radius 1 is 1.29 bits per heavy atom. The lowest BCUT2D eigenvalue weighted by Crippen LogP contribution is -2.36. The van der Waals surface area contributed by atoms with Crippen molar-refractivity contribution in [1.82, 2.24) is 0 Å². The predicted octanol–water partition coefficient (Wildman–Crippen LogP) is -1.53. The van der Waals surface area contributed by atoms with E-state index in [9.17, 15) is 0 Å². The van der Waals surface area contributed by atoms with Crippen LogP contribution in [-0.2, 0) is 0 Å². The lowest BCUT2D eigenvalue weighted by atomic mass is 10.5. The van der Waals surface area contributed by atoms with Gasteiger partial charge in [-0.3, -0.25) is 0 Å². The zero-order valence-electron chi connectivity index (χ0n) is 4.43. The van der Waals surface area contributed by atoms with Crippen molar-refractivity contribution >= 4 is 9.12 Å².